The molecule has 0 bridgehead atoms. The molecule has 6 heteroatoms. The lowest BCUT2D eigenvalue weighted by molar-refractivity contribution is 0.103. The quantitative estimate of drug-likeness (QED) is 0.803. The summed E-state index contributed by atoms with van der Waals surface area (Å²) in [6.07, 6.45) is 2.47. The molecule has 1 aromatic heterocycles. The average Bonchev–Trinajstić information content (AvgIpc) is 3.05. The van der Waals surface area contributed by atoms with E-state index in [-0.39, 0.29) is 5.78 Å². The van der Waals surface area contributed by atoms with Crippen molar-refractivity contribution in [1.82, 2.24) is 15.0 Å². The summed E-state index contributed by atoms with van der Waals surface area (Å²) in [6, 6.07) is 5.46. The minimum absolute atomic E-state index is 0.127. The second-order valence-electron chi connectivity index (χ2n) is 4.41. The molecule has 98 valence electrons. The van der Waals surface area contributed by atoms with Gasteiger partial charge in [-0.1, -0.05) is 5.21 Å². The van der Waals surface area contributed by atoms with Crippen molar-refractivity contribution < 1.29 is 9.53 Å². The normalized spacial score (nSPS) is 13.1. The van der Waals surface area contributed by atoms with E-state index in [9.17, 15) is 4.79 Å². The molecule has 0 saturated heterocycles. The van der Waals surface area contributed by atoms with Gasteiger partial charge in [-0.15, -0.1) is 5.10 Å². The molecule has 2 N–H and O–H groups in total. The Hall–Kier alpha value is -2.21. The minimum Gasteiger partial charge on any atom is -0.493 e. The molecular weight excluding hydrogens is 244 g/mol. The van der Waals surface area contributed by atoms with Gasteiger partial charge in [-0.05, 0) is 23.8 Å². The highest BCUT2D eigenvalue weighted by Crippen LogP contribution is 2.26. The zero-order chi connectivity index (χ0) is 13.2. The summed E-state index contributed by atoms with van der Waals surface area (Å²) >= 11 is 0. The summed E-state index contributed by atoms with van der Waals surface area (Å²) in [5.74, 6) is 0.737. The fourth-order valence-corrected chi connectivity index (χ4v) is 2.12. The van der Waals surface area contributed by atoms with E-state index in [1.807, 2.05) is 12.1 Å². The lowest BCUT2D eigenvalue weighted by atomic mass is 10.0. The Bertz CT molecular complexity index is 621. The van der Waals surface area contributed by atoms with E-state index in [0.29, 0.717) is 31.0 Å². The van der Waals surface area contributed by atoms with Crippen LogP contribution < -0.4 is 10.5 Å². The van der Waals surface area contributed by atoms with Crippen LogP contribution in [0.15, 0.2) is 24.4 Å². The topological polar surface area (TPSA) is 83.0 Å². The average molecular weight is 258 g/mol. The smallest absolute Gasteiger partial charge is 0.214 e. The van der Waals surface area contributed by atoms with Crippen LogP contribution in [0.2, 0.25) is 0 Å². The first-order chi connectivity index (χ1) is 9.28. The van der Waals surface area contributed by atoms with Crippen LogP contribution in [0.3, 0.4) is 0 Å². The fraction of sp³-hybridized carbons (Fsp3) is 0.308. The first-order valence-corrected chi connectivity index (χ1v) is 6.18. The Morgan fingerprint density at radius 3 is 3.21 bits per heavy atom. The van der Waals surface area contributed by atoms with Gasteiger partial charge in [0.2, 0.25) is 5.78 Å². The molecule has 0 aliphatic carbocycles. The van der Waals surface area contributed by atoms with E-state index in [0.717, 1.165) is 17.7 Å². The molecule has 6 nitrogen and oxygen atoms in total. The predicted octanol–water partition coefficient (Wildman–Crippen LogP) is 0.403. The lowest BCUT2D eigenvalue weighted by Crippen LogP contribution is -2.10. The lowest BCUT2D eigenvalue weighted by Gasteiger charge is -2.01. The highest BCUT2D eigenvalue weighted by atomic mass is 16.5. The third-order valence-electron chi connectivity index (χ3n) is 3.08. The van der Waals surface area contributed by atoms with Gasteiger partial charge < -0.3 is 10.5 Å². The van der Waals surface area contributed by atoms with Crippen LogP contribution in [0.25, 0.3) is 0 Å². The molecule has 0 atom stereocenters. The van der Waals surface area contributed by atoms with Crippen molar-refractivity contribution in [3.05, 3.63) is 41.2 Å². The Kier molecular flexibility index (Phi) is 3.00. The number of rotatable bonds is 4. The third-order valence-corrected chi connectivity index (χ3v) is 3.08. The predicted molar refractivity (Wildman–Crippen MR) is 68.1 cm³/mol. The number of carbonyl (C=O) groups excluding carboxylic acids is 1. The van der Waals surface area contributed by atoms with Crippen molar-refractivity contribution >= 4 is 5.78 Å². The van der Waals surface area contributed by atoms with Crippen LogP contribution in [0.4, 0.5) is 0 Å². The number of aromatic nitrogens is 3. The number of benzene rings is 1. The molecule has 1 aliphatic rings. The summed E-state index contributed by atoms with van der Waals surface area (Å²) in [5, 5.41) is 7.75. The number of hydrogen-bond acceptors (Lipinski definition) is 5. The van der Waals surface area contributed by atoms with E-state index in [4.69, 9.17) is 10.5 Å². The van der Waals surface area contributed by atoms with Gasteiger partial charge in [-0.3, -0.25) is 9.48 Å². The summed E-state index contributed by atoms with van der Waals surface area (Å²) in [7, 11) is 0. The first-order valence-electron chi connectivity index (χ1n) is 6.18. The van der Waals surface area contributed by atoms with Crippen molar-refractivity contribution in [3.63, 3.8) is 0 Å². The number of fused-ring (bicyclic) bond motifs is 1. The first kappa shape index (κ1) is 11.9. The van der Waals surface area contributed by atoms with E-state index in [1.165, 1.54) is 0 Å². The zero-order valence-electron chi connectivity index (χ0n) is 10.4. The molecule has 2 aromatic rings. The van der Waals surface area contributed by atoms with Gasteiger partial charge in [0, 0.05) is 18.5 Å². The molecule has 1 aromatic carbocycles. The minimum atomic E-state index is -0.127. The zero-order valence-corrected chi connectivity index (χ0v) is 10.4. The Balaban J connectivity index is 1.86. The molecule has 1 aliphatic heterocycles. The maximum absolute atomic E-state index is 12.3. The molecule has 0 fully saturated rings. The van der Waals surface area contributed by atoms with Crippen LogP contribution in [-0.2, 0) is 13.0 Å². The number of nitrogens with two attached hydrogens (primary N) is 1. The Labute approximate surface area is 110 Å². The van der Waals surface area contributed by atoms with Crippen molar-refractivity contribution in [2.24, 2.45) is 5.73 Å². The van der Waals surface area contributed by atoms with Crippen molar-refractivity contribution in [3.8, 4) is 5.75 Å². The van der Waals surface area contributed by atoms with E-state index in [1.54, 1.807) is 16.9 Å². The number of hydrogen-bond donors (Lipinski definition) is 1. The number of ether oxygens (including phenoxy) is 1. The molecule has 0 radical (unpaired) electrons. The van der Waals surface area contributed by atoms with Gasteiger partial charge in [-0.2, -0.15) is 0 Å². The van der Waals surface area contributed by atoms with Crippen LogP contribution in [-0.4, -0.2) is 33.9 Å². The van der Waals surface area contributed by atoms with Crippen molar-refractivity contribution in [2.75, 3.05) is 13.2 Å². The summed E-state index contributed by atoms with van der Waals surface area (Å²) in [5.41, 5.74) is 7.46. The summed E-state index contributed by atoms with van der Waals surface area (Å²) in [6.45, 7) is 1.70. The SMILES string of the molecule is NCCn1cc(C(=O)c2ccc3c(c2)CCO3)nn1. The Morgan fingerprint density at radius 1 is 1.47 bits per heavy atom. The fourth-order valence-electron chi connectivity index (χ4n) is 2.12. The molecular formula is C13H14N4O2. The second kappa shape index (κ2) is 4.81. The molecule has 0 spiro atoms. The van der Waals surface area contributed by atoms with E-state index in [2.05, 4.69) is 10.3 Å². The van der Waals surface area contributed by atoms with E-state index >= 15 is 0 Å². The molecule has 0 saturated carbocycles. The summed E-state index contributed by atoms with van der Waals surface area (Å²) < 4.78 is 6.99. The van der Waals surface area contributed by atoms with Crippen LogP contribution in [0.5, 0.6) is 5.75 Å². The molecule has 0 amide bonds. The van der Waals surface area contributed by atoms with Crippen LogP contribution in [0, 0.1) is 0 Å². The number of nitrogens with zero attached hydrogens (tertiary/aromatic N) is 3. The van der Waals surface area contributed by atoms with Gasteiger partial charge in [0.15, 0.2) is 5.69 Å². The van der Waals surface area contributed by atoms with E-state index < -0.39 is 0 Å². The van der Waals surface area contributed by atoms with Crippen molar-refractivity contribution in [1.29, 1.82) is 0 Å². The molecule has 2 heterocycles. The second-order valence-corrected chi connectivity index (χ2v) is 4.41. The van der Waals surface area contributed by atoms with Crippen LogP contribution in [0.1, 0.15) is 21.6 Å². The van der Waals surface area contributed by atoms with Gasteiger partial charge in [-0.25, -0.2) is 0 Å². The monoisotopic (exact) mass is 258 g/mol. The summed E-state index contributed by atoms with van der Waals surface area (Å²) in [4.78, 5) is 12.3. The van der Waals surface area contributed by atoms with Gasteiger partial charge in [0.1, 0.15) is 5.75 Å². The van der Waals surface area contributed by atoms with Gasteiger partial charge >= 0.3 is 0 Å². The standard InChI is InChI=1S/C13H14N4O2/c14-4-5-17-8-11(15-16-17)13(18)10-1-2-12-9(7-10)3-6-19-12/h1-2,7-8H,3-6,14H2. The highest BCUT2D eigenvalue weighted by molar-refractivity contribution is 6.07. The maximum Gasteiger partial charge on any atom is 0.214 e. The van der Waals surface area contributed by atoms with Crippen molar-refractivity contribution in [2.45, 2.75) is 13.0 Å². The molecule has 19 heavy (non-hydrogen) atoms. The Morgan fingerprint density at radius 2 is 2.37 bits per heavy atom. The number of ketones is 1. The third kappa shape index (κ3) is 2.22. The highest BCUT2D eigenvalue weighted by Gasteiger charge is 2.18. The maximum atomic E-state index is 12.3. The van der Waals surface area contributed by atoms with Gasteiger partial charge in [0.25, 0.3) is 0 Å². The number of carbonyl (C=O) groups is 1. The van der Waals surface area contributed by atoms with Crippen LogP contribution >= 0.6 is 0 Å². The molecule has 3 rings (SSSR count). The van der Waals surface area contributed by atoms with Gasteiger partial charge in [0.05, 0.1) is 19.3 Å². The molecule has 0 unspecified atom stereocenters. The largest absolute Gasteiger partial charge is 0.493 e.